The number of nitrogens with one attached hydrogen (secondary N) is 1. The molecule has 0 saturated heterocycles. The normalized spacial score (nSPS) is 9.92. The largest absolute Gasteiger partial charge is 0.323 e. The van der Waals surface area contributed by atoms with Crippen LogP contribution in [0.25, 0.3) is 0 Å². The number of carbonyl (C=O) groups is 2. The zero-order valence-electron chi connectivity index (χ0n) is 14.0. The summed E-state index contributed by atoms with van der Waals surface area (Å²) in [6.45, 7) is 5.20. The van der Waals surface area contributed by atoms with Gasteiger partial charge in [0.25, 0.3) is 0 Å². The average molecular weight is 321 g/mol. The molecule has 5 heteroatoms. The third-order valence-electron chi connectivity index (χ3n) is 3.52. The van der Waals surface area contributed by atoms with E-state index in [4.69, 9.17) is 5.26 Å². The molecule has 5 nitrogen and oxygen atoms in total. The first kappa shape index (κ1) is 17.2. The van der Waals surface area contributed by atoms with E-state index >= 15 is 0 Å². The summed E-state index contributed by atoms with van der Waals surface area (Å²) in [5, 5.41) is 11.8. The molecule has 122 valence electrons. The lowest BCUT2D eigenvalue weighted by Gasteiger charge is -2.22. The van der Waals surface area contributed by atoms with Crippen molar-refractivity contribution in [1.29, 1.82) is 5.26 Å². The van der Waals surface area contributed by atoms with Gasteiger partial charge in [0.1, 0.15) is 12.6 Å². The first-order chi connectivity index (χ1) is 11.4. The number of anilines is 2. The summed E-state index contributed by atoms with van der Waals surface area (Å²) < 4.78 is 0. The van der Waals surface area contributed by atoms with Gasteiger partial charge in [-0.2, -0.15) is 5.26 Å². The predicted molar refractivity (Wildman–Crippen MR) is 93.7 cm³/mol. The maximum Gasteiger partial charge on any atom is 0.244 e. The van der Waals surface area contributed by atoms with Gasteiger partial charge in [-0.1, -0.05) is 18.2 Å². The third kappa shape index (κ3) is 4.20. The van der Waals surface area contributed by atoms with Crippen molar-refractivity contribution < 1.29 is 9.59 Å². The average Bonchev–Trinajstić information content (AvgIpc) is 2.52. The summed E-state index contributed by atoms with van der Waals surface area (Å²) in [6.07, 6.45) is 0. The fourth-order valence-electron chi connectivity index (χ4n) is 2.51. The molecule has 0 atom stereocenters. The zero-order chi connectivity index (χ0) is 17.7. The predicted octanol–water partition coefficient (Wildman–Crippen LogP) is 3.17. The number of rotatable bonds is 4. The smallest absolute Gasteiger partial charge is 0.244 e. The molecule has 2 amide bonds. The Labute approximate surface area is 141 Å². The van der Waals surface area contributed by atoms with Crippen LogP contribution in [0.4, 0.5) is 11.4 Å². The highest BCUT2D eigenvalue weighted by atomic mass is 16.2. The van der Waals surface area contributed by atoms with Gasteiger partial charge in [-0.25, -0.2) is 0 Å². The van der Waals surface area contributed by atoms with Crippen molar-refractivity contribution in [3.8, 4) is 6.07 Å². The van der Waals surface area contributed by atoms with Crippen LogP contribution in [0.15, 0.2) is 42.5 Å². The molecule has 0 aliphatic rings. The molecule has 0 radical (unpaired) electrons. The van der Waals surface area contributed by atoms with Crippen LogP contribution in [-0.4, -0.2) is 18.4 Å². The van der Waals surface area contributed by atoms with Crippen molar-refractivity contribution >= 4 is 23.2 Å². The quantitative estimate of drug-likeness (QED) is 0.940. The van der Waals surface area contributed by atoms with Crippen LogP contribution in [0.5, 0.6) is 0 Å². The number of para-hydroxylation sites is 1. The van der Waals surface area contributed by atoms with Crippen LogP contribution >= 0.6 is 0 Å². The van der Waals surface area contributed by atoms with E-state index in [9.17, 15) is 9.59 Å². The summed E-state index contributed by atoms with van der Waals surface area (Å²) in [4.78, 5) is 25.7. The van der Waals surface area contributed by atoms with Gasteiger partial charge in [0.2, 0.25) is 11.8 Å². The molecule has 0 spiro atoms. The summed E-state index contributed by atoms with van der Waals surface area (Å²) in [5.74, 6) is -0.573. The highest BCUT2D eigenvalue weighted by Gasteiger charge is 2.17. The lowest BCUT2D eigenvalue weighted by molar-refractivity contribution is -0.120. The van der Waals surface area contributed by atoms with Gasteiger partial charge in [0.15, 0.2) is 0 Å². The number of amides is 2. The van der Waals surface area contributed by atoms with Crippen LogP contribution in [0, 0.1) is 25.2 Å². The Morgan fingerprint density at radius 1 is 1.12 bits per heavy atom. The molecule has 1 N–H and O–H groups in total. The Morgan fingerprint density at radius 2 is 1.75 bits per heavy atom. The van der Waals surface area contributed by atoms with Gasteiger partial charge in [-0.3, -0.25) is 9.59 Å². The van der Waals surface area contributed by atoms with Gasteiger partial charge < -0.3 is 10.2 Å². The Morgan fingerprint density at radius 3 is 2.33 bits per heavy atom. The summed E-state index contributed by atoms with van der Waals surface area (Å²) in [5.41, 5.74) is 3.54. The lowest BCUT2D eigenvalue weighted by Crippen LogP contribution is -2.36. The van der Waals surface area contributed by atoms with Crippen molar-refractivity contribution in [2.45, 2.75) is 20.8 Å². The molecule has 2 aromatic carbocycles. The number of nitrogens with zero attached hydrogens (tertiary/aromatic N) is 2. The highest BCUT2D eigenvalue weighted by molar-refractivity contribution is 6.02. The standard InChI is InChI=1S/C19H19N3O2/c1-13-8-14(2)10-17(9-13)22(15(3)23)12-19(24)21-18-7-5-4-6-16(18)11-20/h4-10H,12H2,1-3H3,(H,21,24). The van der Waals surface area contributed by atoms with E-state index in [0.717, 1.165) is 11.1 Å². The minimum Gasteiger partial charge on any atom is -0.323 e. The first-order valence-electron chi connectivity index (χ1n) is 7.56. The van der Waals surface area contributed by atoms with Gasteiger partial charge in [0.05, 0.1) is 11.3 Å². The Hall–Kier alpha value is -3.13. The van der Waals surface area contributed by atoms with Crippen molar-refractivity contribution in [3.05, 3.63) is 59.2 Å². The second-order valence-electron chi connectivity index (χ2n) is 5.66. The van der Waals surface area contributed by atoms with E-state index in [0.29, 0.717) is 16.9 Å². The third-order valence-corrected chi connectivity index (χ3v) is 3.52. The number of hydrogen-bond acceptors (Lipinski definition) is 3. The molecule has 0 fully saturated rings. The van der Waals surface area contributed by atoms with Gasteiger partial charge in [-0.15, -0.1) is 0 Å². The monoisotopic (exact) mass is 321 g/mol. The molecule has 2 rings (SSSR count). The van der Waals surface area contributed by atoms with Crippen molar-refractivity contribution in [1.82, 2.24) is 0 Å². The van der Waals surface area contributed by atoms with Crippen LogP contribution < -0.4 is 10.2 Å². The Bertz CT molecular complexity index is 801. The Kier molecular flexibility index (Phi) is 5.33. The second-order valence-corrected chi connectivity index (χ2v) is 5.66. The second kappa shape index (κ2) is 7.42. The molecule has 0 bridgehead atoms. The van der Waals surface area contributed by atoms with Gasteiger partial charge in [0, 0.05) is 12.6 Å². The molecule has 2 aromatic rings. The lowest BCUT2D eigenvalue weighted by atomic mass is 10.1. The molecular weight excluding hydrogens is 302 g/mol. The van der Waals surface area contributed by atoms with E-state index in [1.54, 1.807) is 24.3 Å². The van der Waals surface area contributed by atoms with Crippen LogP contribution in [0.2, 0.25) is 0 Å². The molecular formula is C19H19N3O2. The molecule has 0 unspecified atom stereocenters. The number of nitriles is 1. The maximum atomic E-state index is 12.3. The topological polar surface area (TPSA) is 73.2 Å². The minimum absolute atomic E-state index is 0.113. The van der Waals surface area contributed by atoms with Crippen molar-refractivity contribution in [3.63, 3.8) is 0 Å². The minimum atomic E-state index is -0.355. The summed E-state index contributed by atoms with van der Waals surface area (Å²) in [7, 11) is 0. The maximum absolute atomic E-state index is 12.3. The van der Waals surface area contributed by atoms with E-state index in [2.05, 4.69) is 5.32 Å². The Balaban J connectivity index is 2.20. The van der Waals surface area contributed by atoms with Crippen molar-refractivity contribution in [2.24, 2.45) is 0 Å². The first-order valence-corrected chi connectivity index (χ1v) is 7.56. The van der Waals surface area contributed by atoms with Gasteiger partial charge >= 0.3 is 0 Å². The van der Waals surface area contributed by atoms with Crippen molar-refractivity contribution in [2.75, 3.05) is 16.8 Å². The number of benzene rings is 2. The van der Waals surface area contributed by atoms with Crippen LogP contribution in [0.1, 0.15) is 23.6 Å². The SMILES string of the molecule is CC(=O)N(CC(=O)Nc1ccccc1C#N)c1cc(C)cc(C)c1. The van der Waals surface area contributed by atoms with Gasteiger partial charge in [-0.05, 0) is 49.2 Å². The van der Waals surface area contributed by atoms with E-state index in [-0.39, 0.29) is 18.4 Å². The van der Waals surface area contributed by atoms with E-state index < -0.39 is 0 Å². The molecule has 0 heterocycles. The molecule has 0 saturated carbocycles. The number of hydrogen-bond donors (Lipinski definition) is 1. The summed E-state index contributed by atoms with van der Waals surface area (Å²) in [6, 6.07) is 14.5. The fourth-order valence-corrected chi connectivity index (χ4v) is 2.51. The number of aryl methyl sites for hydroxylation is 2. The van der Waals surface area contributed by atoms with Crippen LogP contribution in [0.3, 0.4) is 0 Å². The zero-order valence-corrected chi connectivity index (χ0v) is 14.0. The van der Waals surface area contributed by atoms with E-state index in [1.807, 2.05) is 38.1 Å². The number of carbonyl (C=O) groups excluding carboxylic acids is 2. The molecule has 0 aliphatic heterocycles. The molecule has 24 heavy (non-hydrogen) atoms. The fraction of sp³-hybridized carbons (Fsp3) is 0.211. The molecule has 0 aromatic heterocycles. The van der Waals surface area contributed by atoms with E-state index in [1.165, 1.54) is 11.8 Å². The van der Waals surface area contributed by atoms with Crippen LogP contribution in [-0.2, 0) is 9.59 Å². The summed E-state index contributed by atoms with van der Waals surface area (Å²) >= 11 is 0. The molecule has 0 aliphatic carbocycles. The highest BCUT2D eigenvalue weighted by Crippen LogP contribution is 2.19.